The monoisotopic (exact) mass is 440 g/mol. The van der Waals surface area contributed by atoms with Crippen molar-refractivity contribution < 1.29 is 29.3 Å². The molecule has 0 aliphatic carbocycles. The Bertz CT molecular complexity index is 672. The van der Waals surface area contributed by atoms with Gasteiger partial charge in [-0.15, -0.1) is 0 Å². The van der Waals surface area contributed by atoms with Crippen LogP contribution in [0.2, 0.25) is 0 Å². The standard InChI is InChI=1S/C21H36N4O6/c1-17(26)11-23-7-8-25-14-20(29)31-21(3,16-25)15-24(12-18(2)27)6-5-22(4)13-19(28)30-10-9-23/h26-27H,1-2,5-16H2,3-4H3. The maximum Gasteiger partial charge on any atom is 0.320 e. The maximum atomic E-state index is 12.3. The number of nitrogens with zero attached hydrogens (tertiary/aromatic N) is 4. The number of esters is 2. The van der Waals surface area contributed by atoms with Gasteiger partial charge in [-0.2, -0.15) is 0 Å². The van der Waals surface area contributed by atoms with Crippen molar-refractivity contribution in [3.63, 3.8) is 0 Å². The summed E-state index contributed by atoms with van der Waals surface area (Å²) in [7, 11) is 1.82. The molecule has 10 nitrogen and oxygen atoms in total. The van der Waals surface area contributed by atoms with E-state index in [1.54, 1.807) is 0 Å². The lowest BCUT2D eigenvalue weighted by molar-refractivity contribution is -0.174. The second kappa shape index (κ2) is 11.5. The first kappa shape index (κ1) is 25.1. The molecular weight excluding hydrogens is 404 g/mol. The summed E-state index contributed by atoms with van der Waals surface area (Å²) < 4.78 is 11.0. The summed E-state index contributed by atoms with van der Waals surface area (Å²) in [4.78, 5) is 32.2. The molecule has 2 N–H and O–H groups in total. The van der Waals surface area contributed by atoms with Gasteiger partial charge in [0.25, 0.3) is 0 Å². The van der Waals surface area contributed by atoms with Gasteiger partial charge in [-0.3, -0.25) is 29.2 Å². The van der Waals surface area contributed by atoms with Crippen molar-refractivity contribution in [1.82, 2.24) is 19.6 Å². The molecule has 0 amide bonds. The first-order valence-corrected chi connectivity index (χ1v) is 10.5. The molecule has 2 aliphatic rings. The number of ether oxygens (including phenoxy) is 2. The fraction of sp³-hybridized carbons (Fsp3) is 0.714. The number of aliphatic hydroxyl groups excluding tert-OH is 2. The second-order valence-corrected chi connectivity index (χ2v) is 8.71. The van der Waals surface area contributed by atoms with Crippen LogP contribution in [0.4, 0.5) is 0 Å². The highest BCUT2D eigenvalue weighted by atomic mass is 16.6. The Hall–Kier alpha value is -2.14. The molecule has 0 radical (unpaired) electrons. The lowest BCUT2D eigenvalue weighted by atomic mass is 10.0. The highest BCUT2D eigenvalue weighted by Gasteiger charge is 2.38. The van der Waals surface area contributed by atoms with Crippen molar-refractivity contribution in [3.05, 3.63) is 24.7 Å². The topological polar surface area (TPSA) is 106 Å². The van der Waals surface area contributed by atoms with Gasteiger partial charge in [-0.05, 0) is 14.0 Å². The van der Waals surface area contributed by atoms with Crippen molar-refractivity contribution in [2.45, 2.75) is 12.5 Å². The Labute approximate surface area is 184 Å². The minimum Gasteiger partial charge on any atom is -0.512 e. The summed E-state index contributed by atoms with van der Waals surface area (Å²) >= 11 is 0. The second-order valence-electron chi connectivity index (χ2n) is 8.71. The van der Waals surface area contributed by atoms with Gasteiger partial charge in [0.2, 0.25) is 0 Å². The van der Waals surface area contributed by atoms with Gasteiger partial charge in [0.1, 0.15) is 12.2 Å². The van der Waals surface area contributed by atoms with Crippen LogP contribution in [-0.4, -0.2) is 133 Å². The van der Waals surface area contributed by atoms with Crippen LogP contribution in [0.5, 0.6) is 0 Å². The van der Waals surface area contributed by atoms with E-state index in [1.165, 1.54) is 0 Å². The van der Waals surface area contributed by atoms with Gasteiger partial charge in [0, 0.05) is 45.8 Å². The first-order valence-electron chi connectivity index (χ1n) is 10.5. The third kappa shape index (κ3) is 9.26. The Morgan fingerprint density at radius 2 is 1.58 bits per heavy atom. The number of cyclic esters (lactones) is 1. The Kier molecular flexibility index (Phi) is 9.30. The molecule has 2 aliphatic heterocycles. The zero-order valence-corrected chi connectivity index (χ0v) is 18.7. The van der Waals surface area contributed by atoms with Gasteiger partial charge in [0.15, 0.2) is 0 Å². The molecule has 2 heterocycles. The summed E-state index contributed by atoms with van der Waals surface area (Å²) in [6, 6.07) is 0. The molecular formula is C21H36N4O6. The van der Waals surface area contributed by atoms with E-state index in [9.17, 15) is 19.8 Å². The van der Waals surface area contributed by atoms with Crippen molar-refractivity contribution in [3.8, 4) is 0 Å². The predicted octanol–water partition coefficient (Wildman–Crippen LogP) is -0.160. The van der Waals surface area contributed by atoms with E-state index in [4.69, 9.17) is 9.47 Å². The van der Waals surface area contributed by atoms with Crippen LogP contribution in [0.1, 0.15) is 6.92 Å². The summed E-state index contributed by atoms with van der Waals surface area (Å²) in [5, 5.41) is 19.4. The molecule has 2 unspecified atom stereocenters. The predicted molar refractivity (Wildman–Crippen MR) is 116 cm³/mol. The van der Waals surface area contributed by atoms with Crippen molar-refractivity contribution in [2.75, 3.05) is 85.6 Å². The summed E-state index contributed by atoms with van der Waals surface area (Å²) in [6.45, 7) is 13.8. The van der Waals surface area contributed by atoms with Crippen LogP contribution in [0.15, 0.2) is 24.7 Å². The molecule has 176 valence electrons. The van der Waals surface area contributed by atoms with E-state index in [0.29, 0.717) is 45.8 Å². The molecule has 2 atom stereocenters. The molecule has 10 heteroatoms. The van der Waals surface area contributed by atoms with Gasteiger partial charge >= 0.3 is 11.9 Å². The fourth-order valence-electron chi connectivity index (χ4n) is 3.99. The van der Waals surface area contributed by atoms with Crippen molar-refractivity contribution >= 4 is 11.9 Å². The summed E-state index contributed by atoms with van der Waals surface area (Å²) in [6.07, 6.45) is 0. The lowest BCUT2D eigenvalue weighted by Gasteiger charge is -2.42. The number of likely N-dealkylation sites (N-methyl/N-ethyl adjacent to an activating group) is 1. The summed E-state index contributed by atoms with van der Waals surface area (Å²) in [5.41, 5.74) is -0.745. The molecule has 2 bridgehead atoms. The fourth-order valence-corrected chi connectivity index (χ4v) is 3.99. The van der Waals surface area contributed by atoms with Crippen LogP contribution >= 0.6 is 0 Å². The first-order chi connectivity index (χ1) is 14.5. The summed E-state index contributed by atoms with van der Waals surface area (Å²) in [5.74, 6) is -0.555. The van der Waals surface area contributed by atoms with Crippen LogP contribution in [0.25, 0.3) is 0 Å². The van der Waals surface area contributed by atoms with Crippen molar-refractivity contribution in [2.24, 2.45) is 0 Å². The minimum absolute atomic E-state index is 0.0268. The van der Waals surface area contributed by atoms with E-state index in [-0.39, 0.29) is 56.2 Å². The number of rotatable bonds is 4. The molecule has 0 aromatic carbocycles. The smallest absolute Gasteiger partial charge is 0.320 e. The molecule has 2 rings (SSSR count). The third-order valence-electron chi connectivity index (χ3n) is 5.24. The number of aliphatic hydroxyl groups is 2. The van der Waals surface area contributed by atoms with Crippen LogP contribution in [0, 0.1) is 0 Å². The number of hydrogen-bond donors (Lipinski definition) is 2. The number of fused-ring (bicyclic) bond motifs is 2. The normalized spacial score (nSPS) is 28.5. The Morgan fingerprint density at radius 3 is 2.26 bits per heavy atom. The molecule has 0 aromatic heterocycles. The van der Waals surface area contributed by atoms with Crippen molar-refractivity contribution in [1.29, 1.82) is 0 Å². The average molecular weight is 441 g/mol. The van der Waals surface area contributed by atoms with E-state index < -0.39 is 5.60 Å². The highest BCUT2D eigenvalue weighted by Crippen LogP contribution is 2.20. The van der Waals surface area contributed by atoms with Gasteiger partial charge < -0.3 is 19.7 Å². The molecule has 0 spiro atoms. The van der Waals surface area contributed by atoms with Crippen LogP contribution in [0.3, 0.4) is 0 Å². The number of morpholine rings is 1. The molecule has 31 heavy (non-hydrogen) atoms. The van der Waals surface area contributed by atoms with E-state index in [2.05, 4.69) is 13.2 Å². The lowest BCUT2D eigenvalue weighted by Crippen LogP contribution is -2.59. The molecule has 2 fully saturated rings. The Morgan fingerprint density at radius 1 is 0.935 bits per heavy atom. The van der Waals surface area contributed by atoms with E-state index >= 15 is 0 Å². The average Bonchev–Trinajstić information content (AvgIpc) is 2.61. The van der Waals surface area contributed by atoms with Crippen LogP contribution in [-0.2, 0) is 19.1 Å². The van der Waals surface area contributed by atoms with Gasteiger partial charge in [-0.1, -0.05) is 13.2 Å². The van der Waals surface area contributed by atoms with E-state index in [0.717, 1.165) is 0 Å². The van der Waals surface area contributed by atoms with E-state index in [1.807, 2.05) is 33.6 Å². The number of hydrogen-bond acceptors (Lipinski definition) is 10. The molecule has 0 saturated carbocycles. The highest BCUT2D eigenvalue weighted by molar-refractivity contribution is 5.73. The quantitative estimate of drug-likeness (QED) is 0.452. The Balaban J connectivity index is 2.17. The number of carbonyl (C=O) groups is 2. The molecule has 0 aromatic rings. The largest absolute Gasteiger partial charge is 0.512 e. The zero-order chi connectivity index (χ0) is 23.0. The maximum absolute atomic E-state index is 12.3. The van der Waals surface area contributed by atoms with Crippen LogP contribution < -0.4 is 0 Å². The number of carbonyl (C=O) groups excluding carboxylic acids is 2. The third-order valence-corrected chi connectivity index (χ3v) is 5.24. The zero-order valence-electron chi connectivity index (χ0n) is 18.7. The molecule has 2 saturated heterocycles. The minimum atomic E-state index is -0.745. The van der Waals surface area contributed by atoms with Gasteiger partial charge in [0.05, 0.1) is 37.7 Å². The SMILES string of the molecule is C=C(O)CN1CCOC(=O)CN(C)CCN(CC(=C)O)CC2(C)CN(CC1)CC(=O)O2. The van der Waals surface area contributed by atoms with Gasteiger partial charge in [-0.25, -0.2) is 0 Å².